The van der Waals surface area contributed by atoms with Gasteiger partial charge >= 0.3 is 5.97 Å². The second-order valence-electron chi connectivity index (χ2n) is 22.1. The SMILES string of the molecule is CN[C@@H](CC(C)C)C(=O)N[C@@H](C)C(=O)N[C@@H](CC(C)C)C(=O)N[C@@H](CC(=O)O)C(=O)N[C@@H](Cc1ccccc1)C(=O)N[C@@H](CCCCN)C(=O)N[C@@H](CCCN=C(N)N)C(=O)N[C@@H](CCCCN)C(=O)N[C@@H](C)C(=O)N[C@@H](CCCN=C(N)N)C(N)=O. The monoisotopic (exact) mass is 1230 g/mol. The predicted molar refractivity (Wildman–Crippen MR) is 328 cm³/mol. The summed E-state index contributed by atoms with van der Waals surface area (Å²) in [5, 5.41) is 36.2. The zero-order chi connectivity index (χ0) is 65.8. The van der Waals surface area contributed by atoms with Crippen LogP contribution in [-0.2, 0) is 59.2 Å². The molecule has 0 radical (unpaired) electrons. The molecule has 0 heterocycles. The highest BCUT2D eigenvalue weighted by Crippen LogP contribution is 2.13. The number of carboxylic acid groups (broad SMARTS) is 1. The molecule has 1 rings (SSSR count). The topological polar surface area (TPSA) is 535 Å². The van der Waals surface area contributed by atoms with E-state index in [9.17, 15) is 57.8 Å². The molecule has 490 valence electrons. The average Bonchev–Trinajstić information content (AvgIpc) is 3.59. The van der Waals surface area contributed by atoms with E-state index in [2.05, 4.69) is 63.2 Å². The van der Waals surface area contributed by atoms with Gasteiger partial charge in [0.1, 0.15) is 54.4 Å². The minimum Gasteiger partial charge on any atom is -0.481 e. The number of primary amides is 1. The van der Waals surface area contributed by atoms with E-state index in [0.717, 1.165) is 0 Å². The van der Waals surface area contributed by atoms with Crippen LogP contribution in [0, 0.1) is 11.8 Å². The summed E-state index contributed by atoms with van der Waals surface area (Å²) >= 11 is 0. The van der Waals surface area contributed by atoms with Gasteiger partial charge in [0.2, 0.25) is 59.1 Å². The molecule has 10 amide bonds. The molecule has 1 aromatic rings. The maximum absolute atomic E-state index is 14.6. The maximum Gasteiger partial charge on any atom is 0.305 e. The van der Waals surface area contributed by atoms with Crippen LogP contribution >= 0.6 is 0 Å². The van der Waals surface area contributed by atoms with Crippen molar-refractivity contribution >= 4 is 77.0 Å². The first-order valence-corrected chi connectivity index (χ1v) is 29.5. The summed E-state index contributed by atoms with van der Waals surface area (Å²) in [5.74, 6) is -10.2. The molecule has 0 aromatic heterocycles. The zero-order valence-corrected chi connectivity index (χ0v) is 51.4. The Morgan fingerprint density at radius 2 is 0.770 bits per heavy atom. The standard InChI is InChI=1S/C56H99N19O12/c1-31(2)27-40(64-7)51(84)68-34(6)47(80)73-41(28-32(3)4)52(85)75-43(30-44(76)77)54(87)74-42(29-35-17-9-8-10-18-35)53(86)72-38(20-12-14-24-58)49(82)71-39(22-16-26-66-56(62)63)50(83)70-37(19-11-13-23-57)48(81)67-33(5)46(79)69-36(45(59)78)21-15-25-65-55(60)61/h8-10,17-18,31-34,36-43,64H,11-16,19-30,57-58H2,1-7H3,(H2,59,78)(H,67,81)(H,68,84)(H,69,79)(H,70,83)(H,71,82)(H,72,86)(H,73,80)(H,74,87)(H,75,85)(H,76,77)(H4,60,61,65)(H4,62,63,66)/t33-,34-,36-,37-,38-,39-,40-,41-,42-,43-/m0/s1. The van der Waals surface area contributed by atoms with Gasteiger partial charge in [-0.05, 0) is 128 Å². The molecule has 0 aliphatic heterocycles. The lowest BCUT2D eigenvalue weighted by atomic mass is 10.0. The largest absolute Gasteiger partial charge is 0.481 e. The number of benzene rings is 1. The molecule has 0 aliphatic rings. The van der Waals surface area contributed by atoms with Crippen LogP contribution in [0.1, 0.15) is 131 Å². The predicted octanol–water partition coefficient (Wildman–Crippen LogP) is -4.36. The van der Waals surface area contributed by atoms with Crippen LogP contribution in [0.4, 0.5) is 0 Å². The molecule has 0 saturated carbocycles. The summed E-state index contributed by atoms with van der Waals surface area (Å²) in [6.45, 7) is 10.8. The van der Waals surface area contributed by atoms with E-state index < -0.39 is 132 Å². The van der Waals surface area contributed by atoms with Gasteiger partial charge in [-0.3, -0.25) is 62.7 Å². The number of likely N-dealkylation sites (N-methyl/N-ethyl adjacent to an activating group) is 1. The molecule has 0 aliphatic carbocycles. The number of unbranched alkanes of at least 4 members (excludes halogenated alkanes) is 2. The minimum atomic E-state index is -1.81. The fraction of sp³-hybridized carbons (Fsp3) is 0.661. The Bertz CT molecular complexity index is 2440. The fourth-order valence-corrected chi connectivity index (χ4v) is 8.77. The summed E-state index contributed by atoms with van der Waals surface area (Å²) in [5.41, 5.74) is 39.4. The highest BCUT2D eigenvalue weighted by molar-refractivity contribution is 5.99. The Kier molecular flexibility index (Phi) is 36.9. The number of hydrogen-bond acceptors (Lipinski definition) is 16. The van der Waals surface area contributed by atoms with Crippen molar-refractivity contribution in [3.63, 3.8) is 0 Å². The number of amides is 10. The Morgan fingerprint density at radius 3 is 1.18 bits per heavy atom. The second-order valence-corrected chi connectivity index (χ2v) is 22.1. The lowest BCUT2D eigenvalue weighted by Gasteiger charge is -2.28. The van der Waals surface area contributed by atoms with Crippen LogP contribution in [0.15, 0.2) is 40.3 Å². The third-order valence-electron chi connectivity index (χ3n) is 13.5. The summed E-state index contributed by atoms with van der Waals surface area (Å²) in [4.78, 5) is 158. The Morgan fingerprint density at radius 1 is 0.425 bits per heavy atom. The van der Waals surface area contributed by atoms with E-state index in [-0.39, 0.29) is 108 Å². The van der Waals surface area contributed by atoms with Crippen LogP contribution in [0.2, 0.25) is 0 Å². The molecular formula is C56H99N19O12. The lowest BCUT2D eigenvalue weighted by Crippen LogP contribution is -2.61. The van der Waals surface area contributed by atoms with E-state index in [4.69, 9.17) is 40.1 Å². The first-order valence-electron chi connectivity index (χ1n) is 29.5. The van der Waals surface area contributed by atoms with Gasteiger partial charge < -0.3 is 98.4 Å². The van der Waals surface area contributed by atoms with Gasteiger partial charge in [-0.1, -0.05) is 58.0 Å². The van der Waals surface area contributed by atoms with Gasteiger partial charge in [-0.15, -0.1) is 0 Å². The second kappa shape index (κ2) is 41.8. The molecule has 25 N–H and O–H groups in total. The first kappa shape index (κ1) is 76.8. The zero-order valence-electron chi connectivity index (χ0n) is 51.4. The summed E-state index contributed by atoms with van der Waals surface area (Å²) in [6, 6.07) is -4.48. The van der Waals surface area contributed by atoms with Gasteiger partial charge in [0, 0.05) is 19.5 Å². The van der Waals surface area contributed by atoms with Crippen LogP contribution in [-0.4, -0.2) is 176 Å². The third-order valence-corrected chi connectivity index (χ3v) is 13.5. The van der Waals surface area contributed by atoms with Crippen molar-refractivity contribution in [2.75, 3.05) is 33.2 Å². The number of guanidine groups is 2. The van der Waals surface area contributed by atoms with E-state index in [0.29, 0.717) is 31.2 Å². The van der Waals surface area contributed by atoms with Gasteiger partial charge in [-0.2, -0.15) is 0 Å². The van der Waals surface area contributed by atoms with Crippen molar-refractivity contribution in [1.82, 2.24) is 53.2 Å². The summed E-state index contributed by atoms with van der Waals surface area (Å²) in [7, 11) is 1.61. The molecule has 0 bridgehead atoms. The average molecular weight is 1230 g/mol. The number of aliphatic imine (C=N–C) groups is 2. The molecule has 0 spiro atoms. The third kappa shape index (κ3) is 32.2. The van der Waals surface area contributed by atoms with E-state index in [1.54, 1.807) is 51.2 Å². The van der Waals surface area contributed by atoms with Crippen molar-refractivity contribution in [2.45, 2.75) is 192 Å². The fourth-order valence-electron chi connectivity index (χ4n) is 8.77. The number of carboxylic acids is 1. The van der Waals surface area contributed by atoms with Crippen LogP contribution in [0.5, 0.6) is 0 Å². The number of aliphatic carboxylic acids is 1. The molecule has 10 atom stereocenters. The van der Waals surface area contributed by atoms with Crippen molar-refractivity contribution in [2.24, 2.45) is 62.0 Å². The number of rotatable bonds is 44. The van der Waals surface area contributed by atoms with Crippen molar-refractivity contribution in [1.29, 1.82) is 0 Å². The molecule has 0 unspecified atom stereocenters. The molecule has 0 fully saturated rings. The van der Waals surface area contributed by atoms with Gasteiger partial charge in [0.25, 0.3) is 0 Å². The van der Waals surface area contributed by atoms with Crippen molar-refractivity contribution < 1.29 is 57.8 Å². The quantitative estimate of drug-likeness (QED) is 0.0167. The van der Waals surface area contributed by atoms with Crippen molar-refractivity contribution in [3.05, 3.63) is 35.9 Å². The molecule has 31 heteroatoms. The highest BCUT2D eigenvalue weighted by Gasteiger charge is 2.36. The minimum absolute atomic E-state index is 0.0125. The smallest absolute Gasteiger partial charge is 0.305 e. The number of carbonyl (C=O) groups is 11. The Labute approximate surface area is 509 Å². The molecule has 0 saturated heterocycles. The van der Waals surface area contributed by atoms with E-state index >= 15 is 0 Å². The number of nitrogens with two attached hydrogens (primary N) is 7. The van der Waals surface area contributed by atoms with Gasteiger partial charge in [0.15, 0.2) is 11.9 Å². The molecule has 31 nitrogen and oxygen atoms in total. The van der Waals surface area contributed by atoms with Crippen molar-refractivity contribution in [3.8, 4) is 0 Å². The number of carbonyl (C=O) groups excluding carboxylic acids is 10. The Hall–Kier alpha value is -8.19. The summed E-state index contributed by atoms with van der Waals surface area (Å²) in [6.07, 6.45) is 1.15. The normalized spacial score (nSPS) is 14.5. The highest BCUT2D eigenvalue weighted by atomic mass is 16.4. The molecule has 87 heavy (non-hydrogen) atoms. The summed E-state index contributed by atoms with van der Waals surface area (Å²) < 4.78 is 0. The number of nitrogens with zero attached hydrogens (tertiary/aromatic N) is 2. The number of nitrogens with one attached hydrogen (secondary N) is 10. The first-order chi connectivity index (χ1) is 41.0. The molecule has 1 aromatic carbocycles. The van der Waals surface area contributed by atoms with Gasteiger partial charge in [0.05, 0.1) is 12.5 Å². The molecular weight excluding hydrogens is 1130 g/mol. The van der Waals surface area contributed by atoms with E-state index in [1.807, 2.05) is 13.8 Å². The lowest BCUT2D eigenvalue weighted by molar-refractivity contribution is -0.141. The Balaban J connectivity index is 3.64. The van der Waals surface area contributed by atoms with E-state index in [1.165, 1.54) is 13.8 Å². The van der Waals surface area contributed by atoms with Gasteiger partial charge in [-0.25, -0.2) is 0 Å². The van der Waals surface area contributed by atoms with Crippen LogP contribution < -0.4 is 93.3 Å². The van der Waals surface area contributed by atoms with Crippen LogP contribution in [0.3, 0.4) is 0 Å². The van der Waals surface area contributed by atoms with Crippen LogP contribution in [0.25, 0.3) is 0 Å². The number of hydrogen-bond donors (Lipinski definition) is 18. The maximum atomic E-state index is 14.6.